The number of rotatable bonds is 5. The van der Waals surface area contributed by atoms with Gasteiger partial charge in [0.25, 0.3) is 17.4 Å². The van der Waals surface area contributed by atoms with Gasteiger partial charge in [-0.1, -0.05) is 72.3 Å². The third-order valence-electron chi connectivity index (χ3n) is 6.19. The maximum Gasteiger partial charge on any atom is 0.343 e. The largest absolute Gasteiger partial charge is 0.421 e. The first-order valence-electron chi connectivity index (χ1n) is 12.0. The van der Waals surface area contributed by atoms with Gasteiger partial charge in [-0.15, -0.1) is 0 Å². The number of amides is 2. The van der Waals surface area contributed by atoms with Gasteiger partial charge in [-0.25, -0.2) is 9.69 Å². The Kier molecular flexibility index (Phi) is 7.08. The van der Waals surface area contributed by atoms with Gasteiger partial charge in [-0.3, -0.25) is 14.4 Å². The van der Waals surface area contributed by atoms with E-state index in [2.05, 4.69) is 0 Å². The summed E-state index contributed by atoms with van der Waals surface area (Å²) in [6, 6.07) is 29.4. The van der Waals surface area contributed by atoms with Crippen molar-refractivity contribution in [2.45, 2.75) is 0 Å². The van der Waals surface area contributed by atoms with Crippen LogP contribution in [0, 0.1) is 0 Å². The number of benzene rings is 4. The van der Waals surface area contributed by atoms with Gasteiger partial charge in [0, 0.05) is 12.6 Å². The van der Waals surface area contributed by atoms with Crippen molar-refractivity contribution in [3.8, 4) is 5.75 Å². The molecule has 1 heterocycles. The summed E-state index contributed by atoms with van der Waals surface area (Å²) in [4.78, 5) is 55.8. The molecule has 0 aliphatic carbocycles. The fourth-order valence-electron chi connectivity index (χ4n) is 4.26. The molecule has 0 bridgehead atoms. The summed E-state index contributed by atoms with van der Waals surface area (Å²) < 4.78 is 7.00. The highest BCUT2D eigenvalue weighted by atomic mass is 35.5. The molecule has 0 saturated carbocycles. The highest BCUT2D eigenvalue weighted by Gasteiger charge is 2.33. The van der Waals surface area contributed by atoms with Crippen LogP contribution in [0.25, 0.3) is 10.9 Å². The highest BCUT2D eigenvalue weighted by molar-refractivity contribution is 6.36. The molecule has 0 saturated heterocycles. The van der Waals surface area contributed by atoms with Gasteiger partial charge in [0.05, 0.1) is 27.2 Å². The number of anilines is 1. The summed E-state index contributed by atoms with van der Waals surface area (Å²) in [5.74, 6) is -2.74. The van der Waals surface area contributed by atoms with Gasteiger partial charge >= 0.3 is 5.97 Å². The number of fused-ring (bicyclic) bond motifs is 1. The smallest absolute Gasteiger partial charge is 0.343 e. The van der Waals surface area contributed by atoms with Crippen LogP contribution in [-0.2, 0) is 7.05 Å². The van der Waals surface area contributed by atoms with Crippen molar-refractivity contribution in [3.05, 3.63) is 141 Å². The molecular formula is C31H21ClN2O5. The summed E-state index contributed by atoms with van der Waals surface area (Å²) >= 11 is 6.55. The minimum atomic E-state index is -0.965. The van der Waals surface area contributed by atoms with E-state index in [4.69, 9.17) is 16.3 Å². The molecule has 0 N–H and O–H groups in total. The van der Waals surface area contributed by atoms with Crippen LogP contribution in [-0.4, -0.2) is 22.4 Å². The number of aromatic nitrogens is 1. The van der Waals surface area contributed by atoms with E-state index in [0.717, 1.165) is 4.90 Å². The number of hydrogen-bond donors (Lipinski definition) is 0. The number of pyridine rings is 1. The fraction of sp³-hybridized carbons (Fsp3) is 0.0323. The molecule has 5 rings (SSSR count). The molecule has 39 heavy (non-hydrogen) atoms. The lowest BCUT2D eigenvalue weighted by molar-refractivity contribution is 0.0734. The molecule has 1 aromatic heterocycles. The van der Waals surface area contributed by atoms with E-state index in [1.54, 1.807) is 109 Å². The first-order chi connectivity index (χ1) is 18.9. The van der Waals surface area contributed by atoms with Crippen molar-refractivity contribution in [1.29, 1.82) is 0 Å². The van der Waals surface area contributed by atoms with Gasteiger partial charge in [-0.05, 0) is 48.5 Å². The Labute approximate surface area is 228 Å². The number of aryl methyl sites for hydroxylation is 1. The molecule has 0 radical (unpaired) electrons. The molecule has 5 aromatic rings. The van der Waals surface area contributed by atoms with E-state index in [0.29, 0.717) is 5.52 Å². The molecule has 0 atom stereocenters. The van der Waals surface area contributed by atoms with Crippen LogP contribution in [0.15, 0.2) is 114 Å². The Balaban J connectivity index is 1.77. The zero-order valence-electron chi connectivity index (χ0n) is 20.7. The monoisotopic (exact) mass is 536 g/mol. The van der Waals surface area contributed by atoms with Gasteiger partial charge < -0.3 is 9.30 Å². The molecule has 0 unspecified atom stereocenters. The van der Waals surface area contributed by atoms with Crippen molar-refractivity contribution < 1.29 is 19.1 Å². The zero-order valence-corrected chi connectivity index (χ0v) is 21.5. The molecule has 7 nitrogen and oxygen atoms in total. The Morgan fingerprint density at radius 1 is 0.718 bits per heavy atom. The lowest BCUT2D eigenvalue weighted by Crippen LogP contribution is -2.41. The SMILES string of the molecule is Cn1c(=O)c(C(=O)N(C(=O)c2ccccc2)c2ccccc2)c(OC(=O)c2ccccc2)c2c(Cl)cccc21. The fourth-order valence-corrected chi connectivity index (χ4v) is 4.51. The first kappa shape index (κ1) is 25.6. The summed E-state index contributed by atoms with van der Waals surface area (Å²) in [7, 11) is 1.48. The summed E-state index contributed by atoms with van der Waals surface area (Å²) in [5.41, 5.74) is -0.244. The minimum absolute atomic E-state index is 0.161. The molecule has 0 aliphatic rings. The van der Waals surface area contributed by atoms with Crippen LogP contribution in [0.2, 0.25) is 5.02 Å². The first-order valence-corrected chi connectivity index (χ1v) is 12.3. The predicted molar refractivity (Wildman–Crippen MR) is 150 cm³/mol. The second kappa shape index (κ2) is 10.8. The molecule has 2 amide bonds. The average Bonchev–Trinajstić information content (AvgIpc) is 2.97. The molecule has 4 aromatic carbocycles. The summed E-state index contributed by atoms with van der Waals surface area (Å²) in [6.07, 6.45) is 0. The van der Waals surface area contributed by atoms with E-state index in [1.807, 2.05) is 0 Å². The number of nitrogens with zero attached hydrogens (tertiary/aromatic N) is 2. The number of carbonyl (C=O) groups is 3. The quantitative estimate of drug-likeness (QED) is 0.206. The molecule has 192 valence electrons. The van der Waals surface area contributed by atoms with Crippen LogP contribution >= 0.6 is 11.6 Å². The number of esters is 1. The van der Waals surface area contributed by atoms with Crippen molar-refractivity contribution in [3.63, 3.8) is 0 Å². The maximum absolute atomic E-state index is 14.3. The summed E-state index contributed by atoms with van der Waals surface area (Å²) in [6.45, 7) is 0. The molecule has 0 fully saturated rings. The van der Waals surface area contributed by atoms with E-state index < -0.39 is 28.9 Å². The van der Waals surface area contributed by atoms with Gasteiger partial charge in [0.2, 0.25) is 0 Å². The second-order valence-electron chi connectivity index (χ2n) is 8.61. The maximum atomic E-state index is 14.3. The molecular weight excluding hydrogens is 516 g/mol. The standard InChI is InChI=1S/C31H21ClN2O5/c1-33-24-19-11-18-23(32)25(24)27(39-31(38)21-14-7-3-8-15-21)26(29(33)36)30(37)34(22-16-9-4-10-17-22)28(35)20-12-5-2-6-13-20/h2-19H,1H3. The lowest BCUT2D eigenvalue weighted by Gasteiger charge is -2.23. The van der Waals surface area contributed by atoms with Crippen LogP contribution in [0.3, 0.4) is 0 Å². The average molecular weight is 537 g/mol. The van der Waals surface area contributed by atoms with Crippen LogP contribution in [0.1, 0.15) is 31.1 Å². The number of imide groups is 1. The van der Waals surface area contributed by atoms with Crippen LogP contribution in [0.5, 0.6) is 5.75 Å². The number of ether oxygens (including phenoxy) is 1. The van der Waals surface area contributed by atoms with Crippen LogP contribution < -0.4 is 15.2 Å². The van der Waals surface area contributed by atoms with Crippen molar-refractivity contribution in [2.75, 3.05) is 4.90 Å². The highest BCUT2D eigenvalue weighted by Crippen LogP contribution is 2.35. The van der Waals surface area contributed by atoms with Gasteiger partial charge in [-0.2, -0.15) is 0 Å². The third-order valence-corrected chi connectivity index (χ3v) is 6.50. The lowest BCUT2D eigenvalue weighted by atomic mass is 10.1. The molecule has 0 aliphatic heterocycles. The normalized spacial score (nSPS) is 10.7. The minimum Gasteiger partial charge on any atom is -0.421 e. The number of para-hydroxylation sites is 1. The number of hydrogen-bond acceptors (Lipinski definition) is 5. The Morgan fingerprint density at radius 3 is 1.90 bits per heavy atom. The third kappa shape index (κ3) is 4.83. The molecule has 0 spiro atoms. The van der Waals surface area contributed by atoms with E-state index in [-0.39, 0.29) is 33.0 Å². The number of carbonyl (C=O) groups excluding carboxylic acids is 3. The summed E-state index contributed by atoms with van der Waals surface area (Å²) in [5, 5.41) is 0.350. The number of halogens is 1. The predicted octanol–water partition coefficient (Wildman–Crippen LogP) is 5.90. The Morgan fingerprint density at radius 2 is 1.28 bits per heavy atom. The van der Waals surface area contributed by atoms with E-state index in [9.17, 15) is 19.2 Å². The topological polar surface area (TPSA) is 85.7 Å². The van der Waals surface area contributed by atoms with E-state index in [1.165, 1.54) is 11.6 Å². The van der Waals surface area contributed by atoms with Crippen LogP contribution in [0.4, 0.5) is 5.69 Å². The van der Waals surface area contributed by atoms with Crippen molar-refractivity contribution >= 4 is 46.0 Å². The Hall–Kier alpha value is -5.01. The van der Waals surface area contributed by atoms with E-state index >= 15 is 0 Å². The zero-order chi connectivity index (χ0) is 27.5. The second-order valence-corrected chi connectivity index (χ2v) is 9.01. The Bertz CT molecular complexity index is 1770. The van der Waals surface area contributed by atoms with Gasteiger partial charge in [0.1, 0.15) is 5.56 Å². The van der Waals surface area contributed by atoms with Gasteiger partial charge in [0.15, 0.2) is 5.75 Å². The van der Waals surface area contributed by atoms with Crippen molar-refractivity contribution in [1.82, 2.24) is 4.57 Å². The van der Waals surface area contributed by atoms with Crippen molar-refractivity contribution in [2.24, 2.45) is 7.05 Å². The molecule has 8 heteroatoms.